The van der Waals surface area contributed by atoms with Crippen LogP contribution in [-0.4, -0.2) is 46.9 Å². The number of hydrogen-bond acceptors (Lipinski definition) is 6. The van der Waals surface area contributed by atoms with Crippen LogP contribution in [0.25, 0.3) is 6.08 Å². The van der Waals surface area contributed by atoms with E-state index in [-0.39, 0.29) is 24.3 Å². The van der Waals surface area contributed by atoms with Crippen LogP contribution in [0.15, 0.2) is 53.4 Å². The van der Waals surface area contributed by atoms with Gasteiger partial charge in [0.25, 0.3) is 11.1 Å². The maximum absolute atomic E-state index is 12.5. The topological polar surface area (TPSA) is 93.1 Å². The zero-order valence-corrected chi connectivity index (χ0v) is 16.5. The van der Waals surface area contributed by atoms with E-state index in [1.54, 1.807) is 30.3 Å². The average Bonchev–Trinajstić information content (AvgIpc) is 2.95. The average molecular weight is 413 g/mol. The molecule has 3 rings (SSSR count). The normalized spacial score (nSPS) is 15.1. The highest BCUT2D eigenvalue weighted by Crippen LogP contribution is 2.32. The highest BCUT2D eigenvalue weighted by molar-refractivity contribution is 8.18. The summed E-state index contributed by atoms with van der Waals surface area (Å²) in [6.45, 7) is 1.91. The molecular weight excluding hydrogens is 394 g/mol. The van der Waals surface area contributed by atoms with Crippen LogP contribution < -0.4 is 9.47 Å². The van der Waals surface area contributed by atoms with Gasteiger partial charge >= 0.3 is 5.97 Å². The number of hydrogen-bond donors (Lipinski definition) is 1. The number of benzene rings is 2. The Morgan fingerprint density at radius 2 is 1.86 bits per heavy atom. The molecule has 1 saturated heterocycles. The molecule has 0 unspecified atom stereocenters. The lowest BCUT2D eigenvalue weighted by atomic mass is 10.2. The minimum atomic E-state index is -1.06. The predicted molar refractivity (Wildman–Crippen MR) is 109 cm³/mol. The molecule has 0 saturated carbocycles. The van der Waals surface area contributed by atoms with E-state index in [4.69, 9.17) is 14.6 Å². The lowest BCUT2D eigenvalue weighted by molar-refractivity contribution is -0.139. The van der Waals surface area contributed by atoms with Crippen LogP contribution in [0.4, 0.5) is 4.79 Å². The van der Waals surface area contributed by atoms with Crippen molar-refractivity contribution in [3.8, 4) is 11.5 Å². The molecule has 7 nitrogen and oxygen atoms in total. The summed E-state index contributed by atoms with van der Waals surface area (Å²) in [5, 5.41) is 8.28. The SMILES string of the molecule is Cc1cccc(OCCN2C(=O)S/C(=C\c3ccc(OCC(=O)O)cc3)C2=O)c1. The maximum Gasteiger partial charge on any atom is 0.341 e. The minimum Gasteiger partial charge on any atom is -0.492 e. The van der Waals surface area contributed by atoms with Crippen molar-refractivity contribution in [3.63, 3.8) is 0 Å². The predicted octanol–water partition coefficient (Wildman–Crippen LogP) is 3.57. The first-order chi connectivity index (χ1) is 13.9. The Kier molecular flexibility index (Phi) is 6.56. The van der Waals surface area contributed by atoms with Gasteiger partial charge in [0.05, 0.1) is 11.4 Å². The summed E-state index contributed by atoms with van der Waals surface area (Å²) in [7, 11) is 0. The number of amides is 2. The first-order valence-corrected chi connectivity index (χ1v) is 9.63. The molecule has 2 aromatic carbocycles. The number of ether oxygens (including phenoxy) is 2. The third kappa shape index (κ3) is 5.61. The standard InChI is InChI=1S/C21H19NO6S/c1-14-3-2-4-17(11-14)27-10-9-22-20(25)18(29-21(22)26)12-15-5-7-16(8-6-15)28-13-19(23)24/h2-8,11-12H,9-10,13H2,1H3,(H,23,24)/b18-12-. The lowest BCUT2D eigenvalue weighted by Crippen LogP contribution is -2.32. The number of carboxylic acid groups (broad SMARTS) is 1. The van der Waals surface area contributed by atoms with Crippen LogP contribution in [0.2, 0.25) is 0 Å². The van der Waals surface area contributed by atoms with Crippen LogP contribution in [0.3, 0.4) is 0 Å². The van der Waals surface area contributed by atoms with E-state index in [0.717, 1.165) is 22.2 Å². The second-order valence-electron chi connectivity index (χ2n) is 6.25. The van der Waals surface area contributed by atoms with Gasteiger partial charge in [-0.1, -0.05) is 24.3 Å². The fourth-order valence-electron chi connectivity index (χ4n) is 2.61. The van der Waals surface area contributed by atoms with Crippen molar-refractivity contribution in [1.29, 1.82) is 0 Å². The number of aryl methyl sites for hydroxylation is 1. The minimum absolute atomic E-state index is 0.165. The van der Waals surface area contributed by atoms with Gasteiger partial charge < -0.3 is 14.6 Å². The van der Waals surface area contributed by atoms with Gasteiger partial charge in [-0.15, -0.1) is 0 Å². The molecule has 2 aromatic rings. The highest BCUT2D eigenvalue weighted by atomic mass is 32.2. The van der Waals surface area contributed by atoms with Gasteiger partial charge in [-0.3, -0.25) is 14.5 Å². The molecule has 150 valence electrons. The van der Waals surface area contributed by atoms with Crippen molar-refractivity contribution in [2.45, 2.75) is 6.92 Å². The Bertz CT molecular complexity index is 954. The molecule has 29 heavy (non-hydrogen) atoms. The third-order valence-electron chi connectivity index (χ3n) is 3.99. The Morgan fingerprint density at radius 1 is 1.10 bits per heavy atom. The molecule has 8 heteroatoms. The Labute approximate surface area is 171 Å². The molecule has 0 atom stereocenters. The van der Waals surface area contributed by atoms with Crippen molar-refractivity contribution in [3.05, 3.63) is 64.6 Å². The van der Waals surface area contributed by atoms with Crippen LogP contribution in [-0.2, 0) is 9.59 Å². The van der Waals surface area contributed by atoms with Crippen molar-refractivity contribution in [2.75, 3.05) is 19.8 Å². The fraction of sp³-hybridized carbons (Fsp3) is 0.190. The molecule has 1 heterocycles. The van der Waals surface area contributed by atoms with Gasteiger partial charge in [-0.2, -0.15) is 0 Å². The van der Waals surface area contributed by atoms with Crippen molar-refractivity contribution in [1.82, 2.24) is 4.90 Å². The van der Waals surface area contributed by atoms with Crippen LogP contribution in [0.1, 0.15) is 11.1 Å². The van der Waals surface area contributed by atoms with E-state index in [1.165, 1.54) is 0 Å². The summed E-state index contributed by atoms with van der Waals surface area (Å²) < 4.78 is 10.7. The molecule has 0 bridgehead atoms. The summed E-state index contributed by atoms with van der Waals surface area (Å²) in [6, 6.07) is 14.1. The van der Waals surface area contributed by atoms with Crippen molar-refractivity contribution < 1.29 is 29.0 Å². The van der Waals surface area contributed by atoms with E-state index >= 15 is 0 Å². The molecular formula is C21H19NO6S. The monoisotopic (exact) mass is 413 g/mol. The van der Waals surface area contributed by atoms with Crippen molar-refractivity contribution >= 4 is 35.0 Å². The molecule has 0 radical (unpaired) electrons. The smallest absolute Gasteiger partial charge is 0.341 e. The zero-order chi connectivity index (χ0) is 20.8. The van der Waals surface area contributed by atoms with Gasteiger partial charge in [-0.05, 0) is 60.2 Å². The summed E-state index contributed by atoms with van der Waals surface area (Å²) >= 11 is 0.878. The number of carbonyl (C=O) groups excluding carboxylic acids is 2. The number of aliphatic carboxylic acids is 1. The zero-order valence-electron chi connectivity index (χ0n) is 15.7. The third-order valence-corrected chi connectivity index (χ3v) is 4.89. The van der Waals surface area contributed by atoms with Crippen LogP contribution in [0.5, 0.6) is 11.5 Å². The number of nitrogens with zero attached hydrogens (tertiary/aromatic N) is 1. The Balaban J connectivity index is 1.58. The molecule has 1 aliphatic heterocycles. The van der Waals surface area contributed by atoms with Gasteiger partial charge in [0.15, 0.2) is 6.61 Å². The first-order valence-electron chi connectivity index (χ1n) is 8.82. The number of carboxylic acids is 1. The summed E-state index contributed by atoms with van der Waals surface area (Å²) in [4.78, 5) is 36.7. The number of imide groups is 1. The summed E-state index contributed by atoms with van der Waals surface area (Å²) in [6.07, 6.45) is 1.62. The molecule has 0 aromatic heterocycles. The Morgan fingerprint density at radius 3 is 2.55 bits per heavy atom. The summed E-state index contributed by atoms with van der Waals surface area (Å²) in [5.74, 6) is -0.322. The molecule has 0 aliphatic carbocycles. The molecule has 0 spiro atoms. The number of thioether (sulfide) groups is 1. The van der Waals surface area contributed by atoms with Gasteiger partial charge in [-0.25, -0.2) is 4.79 Å². The molecule has 1 N–H and O–H groups in total. The first kappa shape index (κ1) is 20.5. The molecule has 2 amide bonds. The largest absolute Gasteiger partial charge is 0.492 e. The number of carbonyl (C=O) groups is 3. The maximum atomic E-state index is 12.5. The van der Waals surface area contributed by atoms with E-state index in [2.05, 4.69) is 0 Å². The van der Waals surface area contributed by atoms with E-state index in [9.17, 15) is 14.4 Å². The van der Waals surface area contributed by atoms with Crippen LogP contribution in [0, 0.1) is 6.92 Å². The van der Waals surface area contributed by atoms with Gasteiger partial charge in [0, 0.05) is 0 Å². The fourth-order valence-corrected chi connectivity index (χ4v) is 3.47. The Hall–Kier alpha value is -3.26. The number of rotatable bonds is 8. The van der Waals surface area contributed by atoms with E-state index in [1.807, 2.05) is 31.2 Å². The lowest BCUT2D eigenvalue weighted by Gasteiger charge is -2.13. The van der Waals surface area contributed by atoms with E-state index < -0.39 is 12.6 Å². The van der Waals surface area contributed by atoms with E-state index in [0.29, 0.717) is 22.0 Å². The van der Waals surface area contributed by atoms with Crippen LogP contribution >= 0.6 is 11.8 Å². The molecule has 1 aliphatic rings. The quantitative estimate of drug-likeness (QED) is 0.661. The van der Waals surface area contributed by atoms with Crippen molar-refractivity contribution in [2.24, 2.45) is 0 Å². The second kappa shape index (κ2) is 9.29. The van der Waals surface area contributed by atoms with Gasteiger partial charge in [0.2, 0.25) is 0 Å². The highest BCUT2D eigenvalue weighted by Gasteiger charge is 2.34. The van der Waals surface area contributed by atoms with Gasteiger partial charge in [0.1, 0.15) is 18.1 Å². The summed E-state index contributed by atoms with van der Waals surface area (Å²) in [5.41, 5.74) is 1.77. The second-order valence-corrected chi connectivity index (χ2v) is 7.24. The molecule has 1 fully saturated rings.